The number of carbonyl (C=O) groups excluding carboxylic acids is 2. The second-order valence-corrected chi connectivity index (χ2v) is 6.89. The number of anilines is 1. The molecule has 1 aliphatic carbocycles. The Morgan fingerprint density at radius 1 is 1.00 bits per heavy atom. The van der Waals surface area contributed by atoms with Crippen LogP contribution in [0.2, 0.25) is 0 Å². The minimum Gasteiger partial charge on any atom is -0.380 e. The summed E-state index contributed by atoms with van der Waals surface area (Å²) in [6, 6.07) is 17.1. The van der Waals surface area contributed by atoms with Gasteiger partial charge >= 0.3 is 0 Å². The number of hydrogen-bond acceptors (Lipinski definition) is 3. The third kappa shape index (κ3) is 1.95. The zero-order valence-electron chi connectivity index (χ0n) is 14.3. The zero-order chi connectivity index (χ0) is 17.8. The van der Waals surface area contributed by atoms with Crippen LogP contribution >= 0.6 is 0 Å². The standard InChI is InChI=1S/C21H18N2O3/c1-26-16-11-15-17(13-9-5-6-10-14(13)22-15)19-18(16)20(24)23(21(19)25)12-7-3-2-4-8-12/h2-10,16,18-19,22H,11H2,1H3. The molecule has 1 saturated heterocycles. The molecule has 3 atom stereocenters. The molecule has 26 heavy (non-hydrogen) atoms. The molecule has 3 aromatic rings. The average molecular weight is 346 g/mol. The van der Waals surface area contributed by atoms with E-state index >= 15 is 0 Å². The number of nitrogens with zero attached hydrogens (tertiary/aromatic N) is 1. The molecule has 0 bridgehead atoms. The Morgan fingerprint density at radius 2 is 1.73 bits per heavy atom. The number of para-hydroxylation sites is 2. The van der Waals surface area contributed by atoms with E-state index in [2.05, 4.69) is 4.98 Å². The number of carbonyl (C=O) groups is 2. The largest absolute Gasteiger partial charge is 0.380 e. The van der Waals surface area contributed by atoms with Crippen LogP contribution in [0.25, 0.3) is 10.9 Å². The van der Waals surface area contributed by atoms with Gasteiger partial charge in [-0.2, -0.15) is 0 Å². The van der Waals surface area contributed by atoms with Gasteiger partial charge in [-0.05, 0) is 23.8 Å². The summed E-state index contributed by atoms with van der Waals surface area (Å²) in [4.78, 5) is 31.3. The summed E-state index contributed by atoms with van der Waals surface area (Å²) in [5.74, 6) is -1.33. The first kappa shape index (κ1) is 15.3. The van der Waals surface area contributed by atoms with Gasteiger partial charge in [-0.25, -0.2) is 4.90 Å². The van der Waals surface area contributed by atoms with Crippen molar-refractivity contribution in [2.45, 2.75) is 18.4 Å². The van der Waals surface area contributed by atoms with Crippen molar-refractivity contribution < 1.29 is 14.3 Å². The fourth-order valence-electron chi connectivity index (χ4n) is 4.49. The van der Waals surface area contributed by atoms with Crippen molar-refractivity contribution in [2.75, 3.05) is 12.0 Å². The smallest absolute Gasteiger partial charge is 0.242 e. The third-order valence-electron chi connectivity index (χ3n) is 5.61. The molecule has 1 aliphatic heterocycles. The van der Waals surface area contributed by atoms with Crippen LogP contribution in [0.1, 0.15) is 17.2 Å². The molecule has 5 nitrogen and oxygen atoms in total. The molecular weight excluding hydrogens is 328 g/mol. The Bertz CT molecular complexity index is 1020. The lowest BCUT2D eigenvalue weighted by Gasteiger charge is -2.29. The van der Waals surface area contributed by atoms with Crippen molar-refractivity contribution in [2.24, 2.45) is 5.92 Å². The van der Waals surface area contributed by atoms with E-state index in [1.807, 2.05) is 42.5 Å². The van der Waals surface area contributed by atoms with Crippen LogP contribution in [0, 0.1) is 5.92 Å². The van der Waals surface area contributed by atoms with Crippen LogP contribution in [0.3, 0.4) is 0 Å². The van der Waals surface area contributed by atoms with Crippen molar-refractivity contribution in [1.82, 2.24) is 4.98 Å². The topological polar surface area (TPSA) is 62.4 Å². The van der Waals surface area contributed by atoms with Crippen LogP contribution in [0.4, 0.5) is 5.69 Å². The van der Waals surface area contributed by atoms with E-state index in [1.54, 1.807) is 19.2 Å². The van der Waals surface area contributed by atoms with E-state index in [1.165, 1.54) is 4.90 Å². The molecular formula is C21H18N2O3. The van der Waals surface area contributed by atoms with Gasteiger partial charge in [0.25, 0.3) is 0 Å². The number of amides is 2. The second-order valence-electron chi connectivity index (χ2n) is 6.89. The molecule has 2 heterocycles. The summed E-state index contributed by atoms with van der Waals surface area (Å²) >= 11 is 0. The molecule has 3 unspecified atom stereocenters. The highest BCUT2D eigenvalue weighted by Crippen LogP contribution is 2.47. The van der Waals surface area contributed by atoms with E-state index < -0.39 is 11.8 Å². The highest BCUT2D eigenvalue weighted by Gasteiger charge is 2.56. The van der Waals surface area contributed by atoms with Gasteiger partial charge in [0.15, 0.2) is 0 Å². The molecule has 2 aromatic carbocycles. The normalized spacial score (nSPS) is 24.8. The van der Waals surface area contributed by atoms with Gasteiger partial charge in [0.1, 0.15) is 0 Å². The van der Waals surface area contributed by atoms with Gasteiger partial charge in [-0.15, -0.1) is 0 Å². The van der Waals surface area contributed by atoms with E-state index in [9.17, 15) is 9.59 Å². The highest BCUT2D eigenvalue weighted by molar-refractivity contribution is 6.25. The molecule has 5 rings (SSSR count). The number of fused-ring (bicyclic) bond motifs is 5. The van der Waals surface area contributed by atoms with Crippen molar-refractivity contribution in [3.63, 3.8) is 0 Å². The number of ether oxygens (including phenoxy) is 1. The van der Waals surface area contributed by atoms with Crippen LogP contribution < -0.4 is 4.90 Å². The van der Waals surface area contributed by atoms with Crippen molar-refractivity contribution in [3.05, 3.63) is 65.9 Å². The molecule has 0 spiro atoms. The minimum atomic E-state index is -0.507. The van der Waals surface area contributed by atoms with Gasteiger partial charge in [-0.3, -0.25) is 9.59 Å². The maximum absolute atomic E-state index is 13.4. The van der Waals surface area contributed by atoms with Gasteiger partial charge in [0.2, 0.25) is 11.8 Å². The fraction of sp³-hybridized carbons (Fsp3) is 0.238. The number of nitrogens with one attached hydrogen (secondary N) is 1. The SMILES string of the molecule is COC1Cc2[nH]c3ccccc3c2C2C(=O)N(c3ccccc3)C(=O)C12. The second kappa shape index (κ2) is 5.54. The molecule has 1 N–H and O–H groups in total. The van der Waals surface area contributed by atoms with Crippen molar-refractivity contribution in [1.29, 1.82) is 0 Å². The first-order valence-corrected chi connectivity index (χ1v) is 8.76. The van der Waals surface area contributed by atoms with E-state index in [4.69, 9.17) is 4.74 Å². The molecule has 0 radical (unpaired) electrons. The molecule has 2 aliphatic rings. The summed E-state index contributed by atoms with van der Waals surface area (Å²) in [6.07, 6.45) is 0.286. The maximum Gasteiger partial charge on any atom is 0.242 e. The Labute approximate surface area is 150 Å². The van der Waals surface area contributed by atoms with Crippen LogP contribution in [0.15, 0.2) is 54.6 Å². The summed E-state index contributed by atoms with van der Waals surface area (Å²) in [5.41, 5.74) is 3.56. The molecule has 130 valence electrons. The van der Waals surface area contributed by atoms with Crippen LogP contribution in [-0.2, 0) is 20.7 Å². The highest BCUT2D eigenvalue weighted by atomic mass is 16.5. The molecule has 1 fully saturated rings. The lowest BCUT2D eigenvalue weighted by molar-refractivity contribution is -0.125. The quantitative estimate of drug-likeness (QED) is 0.726. The van der Waals surface area contributed by atoms with E-state index in [0.29, 0.717) is 12.1 Å². The lowest BCUT2D eigenvalue weighted by Crippen LogP contribution is -2.38. The Balaban J connectivity index is 1.71. The number of hydrogen-bond donors (Lipinski definition) is 1. The number of imide groups is 1. The number of rotatable bonds is 2. The first-order chi connectivity index (χ1) is 12.7. The summed E-state index contributed by atoms with van der Waals surface area (Å²) in [5, 5.41) is 1.02. The Hall–Kier alpha value is -2.92. The summed E-state index contributed by atoms with van der Waals surface area (Å²) in [7, 11) is 1.61. The summed E-state index contributed by atoms with van der Waals surface area (Å²) < 4.78 is 5.64. The monoisotopic (exact) mass is 346 g/mol. The lowest BCUT2D eigenvalue weighted by atomic mass is 9.76. The number of benzene rings is 2. The zero-order valence-corrected chi connectivity index (χ0v) is 14.3. The molecule has 2 amide bonds. The summed E-state index contributed by atoms with van der Waals surface area (Å²) in [6.45, 7) is 0. The maximum atomic E-state index is 13.4. The van der Waals surface area contributed by atoms with E-state index in [-0.39, 0.29) is 17.9 Å². The van der Waals surface area contributed by atoms with Crippen molar-refractivity contribution in [3.8, 4) is 0 Å². The number of aromatic amines is 1. The molecule has 5 heteroatoms. The van der Waals surface area contributed by atoms with Gasteiger partial charge < -0.3 is 9.72 Å². The number of H-pyrrole nitrogens is 1. The number of aromatic nitrogens is 1. The minimum absolute atomic E-state index is 0.168. The van der Waals surface area contributed by atoms with Gasteiger partial charge in [-0.1, -0.05) is 36.4 Å². The van der Waals surface area contributed by atoms with Crippen LogP contribution in [-0.4, -0.2) is 30.0 Å². The molecule has 1 aromatic heterocycles. The molecule has 0 saturated carbocycles. The third-order valence-corrected chi connectivity index (χ3v) is 5.61. The average Bonchev–Trinajstić information content (AvgIpc) is 3.16. The predicted molar refractivity (Wildman–Crippen MR) is 98.0 cm³/mol. The van der Waals surface area contributed by atoms with Crippen molar-refractivity contribution >= 4 is 28.4 Å². The van der Waals surface area contributed by atoms with E-state index in [0.717, 1.165) is 22.2 Å². The van der Waals surface area contributed by atoms with Crippen LogP contribution in [0.5, 0.6) is 0 Å². The number of methoxy groups -OCH3 is 1. The Kier molecular flexibility index (Phi) is 3.27. The fourth-order valence-corrected chi connectivity index (χ4v) is 4.49. The Morgan fingerprint density at radius 3 is 2.50 bits per heavy atom. The van der Waals surface area contributed by atoms with Gasteiger partial charge in [0.05, 0.1) is 23.6 Å². The predicted octanol–water partition coefficient (Wildman–Crippen LogP) is 3.01. The first-order valence-electron chi connectivity index (χ1n) is 8.76. The van der Waals surface area contributed by atoms with Gasteiger partial charge in [0, 0.05) is 30.1 Å².